The SMILES string of the molecule is CCCON=C(CCC(C)C)c1cc(OC)c2c(OC)ccc(OC)c2c1OC. The summed E-state index contributed by atoms with van der Waals surface area (Å²) in [4.78, 5) is 5.55. The van der Waals surface area contributed by atoms with Gasteiger partial charge in [-0.05, 0) is 43.4 Å². The second kappa shape index (κ2) is 10.8. The molecule has 0 spiro atoms. The van der Waals surface area contributed by atoms with Gasteiger partial charge in [0.15, 0.2) is 0 Å². The molecule has 29 heavy (non-hydrogen) atoms. The highest BCUT2D eigenvalue weighted by molar-refractivity contribution is 6.12. The van der Waals surface area contributed by atoms with Crippen LogP contribution < -0.4 is 18.9 Å². The first-order chi connectivity index (χ1) is 14.0. The number of benzene rings is 2. The number of methoxy groups -OCH3 is 4. The van der Waals surface area contributed by atoms with Crippen LogP contribution in [-0.4, -0.2) is 40.8 Å². The monoisotopic (exact) mass is 403 g/mol. The van der Waals surface area contributed by atoms with Crippen molar-refractivity contribution in [1.29, 1.82) is 0 Å². The Hall–Kier alpha value is -2.63. The molecule has 2 aromatic carbocycles. The minimum atomic E-state index is 0.536. The van der Waals surface area contributed by atoms with E-state index in [1.54, 1.807) is 28.4 Å². The predicted molar refractivity (Wildman–Crippen MR) is 117 cm³/mol. The zero-order chi connectivity index (χ0) is 21.4. The van der Waals surface area contributed by atoms with Crippen molar-refractivity contribution in [2.45, 2.75) is 40.0 Å². The van der Waals surface area contributed by atoms with E-state index >= 15 is 0 Å². The van der Waals surface area contributed by atoms with Crippen molar-refractivity contribution in [3.05, 3.63) is 23.8 Å². The Balaban J connectivity index is 2.80. The Morgan fingerprint density at radius 1 is 0.897 bits per heavy atom. The maximum atomic E-state index is 5.87. The van der Waals surface area contributed by atoms with E-state index in [2.05, 4.69) is 25.9 Å². The second-order valence-corrected chi connectivity index (χ2v) is 7.18. The van der Waals surface area contributed by atoms with E-state index < -0.39 is 0 Å². The lowest BCUT2D eigenvalue weighted by atomic mass is 9.95. The molecule has 0 amide bonds. The Morgan fingerprint density at radius 2 is 1.52 bits per heavy atom. The maximum absolute atomic E-state index is 5.87. The predicted octanol–water partition coefficient (Wildman–Crippen LogP) is 5.44. The van der Waals surface area contributed by atoms with Gasteiger partial charge in [-0.15, -0.1) is 0 Å². The summed E-state index contributed by atoms with van der Waals surface area (Å²) >= 11 is 0. The standard InChI is InChI=1S/C23H33NO5/c1-8-13-29-24-17(10-9-15(2)3)16-14-20(27-6)21-18(25-4)11-12-19(26-5)22(21)23(16)28-7/h11-12,14-15H,8-10,13H2,1-7H3. The summed E-state index contributed by atoms with van der Waals surface area (Å²) in [5.74, 6) is 3.23. The van der Waals surface area contributed by atoms with Crippen molar-refractivity contribution in [3.8, 4) is 23.0 Å². The highest BCUT2D eigenvalue weighted by atomic mass is 16.6. The fourth-order valence-corrected chi connectivity index (χ4v) is 3.24. The van der Waals surface area contributed by atoms with Gasteiger partial charge in [0, 0.05) is 5.56 Å². The molecule has 0 saturated carbocycles. The van der Waals surface area contributed by atoms with Crippen molar-refractivity contribution in [3.63, 3.8) is 0 Å². The van der Waals surface area contributed by atoms with Crippen LogP contribution in [0.25, 0.3) is 10.8 Å². The molecule has 0 bridgehead atoms. The van der Waals surface area contributed by atoms with E-state index in [0.717, 1.165) is 41.3 Å². The quantitative estimate of drug-likeness (QED) is 0.284. The molecule has 0 fully saturated rings. The summed E-state index contributed by atoms with van der Waals surface area (Å²) in [5.41, 5.74) is 1.66. The van der Waals surface area contributed by atoms with Crippen LogP contribution in [0.2, 0.25) is 0 Å². The van der Waals surface area contributed by atoms with E-state index in [0.29, 0.717) is 35.5 Å². The minimum Gasteiger partial charge on any atom is -0.496 e. The van der Waals surface area contributed by atoms with Gasteiger partial charge in [-0.1, -0.05) is 25.9 Å². The molecule has 2 aromatic rings. The van der Waals surface area contributed by atoms with Crippen LogP contribution in [0.1, 0.15) is 45.6 Å². The molecule has 0 heterocycles. The number of hydrogen-bond donors (Lipinski definition) is 0. The van der Waals surface area contributed by atoms with Crippen LogP contribution >= 0.6 is 0 Å². The Labute approximate surface area is 173 Å². The first-order valence-corrected chi connectivity index (χ1v) is 10.0. The van der Waals surface area contributed by atoms with Gasteiger partial charge >= 0.3 is 0 Å². The molecule has 0 saturated heterocycles. The Morgan fingerprint density at radius 3 is 2.03 bits per heavy atom. The summed E-state index contributed by atoms with van der Waals surface area (Å²) in [5, 5.41) is 6.04. The van der Waals surface area contributed by atoms with Crippen LogP contribution in [0.5, 0.6) is 23.0 Å². The number of hydrogen-bond acceptors (Lipinski definition) is 6. The molecular formula is C23H33NO5. The van der Waals surface area contributed by atoms with Crippen LogP contribution in [0.15, 0.2) is 23.4 Å². The topological polar surface area (TPSA) is 58.5 Å². The van der Waals surface area contributed by atoms with Crippen LogP contribution in [0, 0.1) is 5.92 Å². The first-order valence-electron chi connectivity index (χ1n) is 10.0. The number of fused-ring (bicyclic) bond motifs is 1. The molecule has 6 heteroatoms. The zero-order valence-corrected chi connectivity index (χ0v) is 18.6. The van der Waals surface area contributed by atoms with Gasteiger partial charge in [0.05, 0.1) is 44.9 Å². The largest absolute Gasteiger partial charge is 0.496 e. The maximum Gasteiger partial charge on any atom is 0.140 e. The third-order valence-corrected chi connectivity index (χ3v) is 4.73. The van der Waals surface area contributed by atoms with Gasteiger partial charge in [0.2, 0.25) is 0 Å². The molecule has 0 unspecified atom stereocenters. The number of nitrogens with zero attached hydrogens (tertiary/aromatic N) is 1. The van der Waals surface area contributed by atoms with Gasteiger partial charge in [-0.2, -0.15) is 0 Å². The van der Waals surface area contributed by atoms with Gasteiger partial charge in [0.25, 0.3) is 0 Å². The molecule has 0 atom stereocenters. The van der Waals surface area contributed by atoms with Gasteiger partial charge in [-0.3, -0.25) is 0 Å². The van der Waals surface area contributed by atoms with Crippen molar-refractivity contribution < 1.29 is 23.8 Å². The number of ether oxygens (including phenoxy) is 4. The molecule has 160 valence electrons. The molecule has 0 aliphatic heterocycles. The average Bonchev–Trinajstić information content (AvgIpc) is 2.73. The molecular weight excluding hydrogens is 370 g/mol. The Bertz CT molecular complexity index is 845. The van der Waals surface area contributed by atoms with Crippen LogP contribution in [0.3, 0.4) is 0 Å². The second-order valence-electron chi connectivity index (χ2n) is 7.18. The lowest BCUT2D eigenvalue weighted by Crippen LogP contribution is -2.09. The lowest BCUT2D eigenvalue weighted by Gasteiger charge is -2.20. The van der Waals surface area contributed by atoms with Gasteiger partial charge in [0.1, 0.15) is 29.6 Å². The molecule has 0 aromatic heterocycles. The van der Waals surface area contributed by atoms with Gasteiger partial charge in [-0.25, -0.2) is 0 Å². The summed E-state index contributed by atoms with van der Waals surface area (Å²) in [6, 6.07) is 5.67. The normalized spacial score (nSPS) is 11.7. The van der Waals surface area contributed by atoms with Crippen molar-refractivity contribution in [2.24, 2.45) is 11.1 Å². The molecule has 0 aliphatic rings. The molecule has 0 aliphatic carbocycles. The highest BCUT2D eigenvalue weighted by Gasteiger charge is 2.23. The summed E-state index contributed by atoms with van der Waals surface area (Å²) in [6.45, 7) is 7.00. The number of oxime groups is 1. The average molecular weight is 404 g/mol. The fraction of sp³-hybridized carbons (Fsp3) is 0.522. The highest BCUT2D eigenvalue weighted by Crippen LogP contribution is 2.46. The minimum absolute atomic E-state index is 0.536. The van der Waals surface area contributed by atoms with E-state index in [9.17, 15) is 0 Å². The lowest BCUT2D eigenvalue weighted by molar-refractivity contribution is 0.144. The van der Waals surface area contributed by atoms with Crippen LogP contribution in [0.4, 0.5) is 0 Å². The van der Waals surface area contributed by atoms with Crippen molar-refractivity contribution >= 4 is 16.5 Å². The Kier molecular flexibility index (Phi) is 8.43. The van der Waals surface area contributed by atoms with Gasteiger partial charge < -0.3 is 23.8 Å². The van der Waals surface area contributed by atoms with E-state index in [-0.39, 0.29) is 0 Å². The molecule has 6 nitrogen and oxygen atoms in total. The molecule has 2 rings (SSSR count). The van der Waals surface area contributed by atoms with E-state index in [1.165, 1.54) is 0 Å². The van der Waals surface area contributed by atoms with Crippen molar-refractivity contribution in [2.75, 3.05) is 35.0 Å². The first kappa shape index (κ1) is 22.7. The zero-order valence-electron chi connectivity index (χ0n) is 18.6. The van der Waals surface area contributed by atoms with Crippen LogP contribution in [-0.2, 0) is 4.84 Å². The van der Waals surface area contributed by atoms with Crippen molar-refractivity contribution in [1.82, 2.24) is 0 Å². The van der Waals surface area contributed by atoms with E-state index in [1.807, 2.05) is 18.2 Å². The summed E-state index contributed by atoms with van der Waals surface area (Å²) < 4.78 is 22.8. The summed E-state index contributed by atoms with van der Waals surface area (Å²) in [6.07, 6.45) is 2.63. The summed E-state index contributed by atoms with van der Waals surface area (Å²) in [7, 11) is 6.56. The molecule has 0 N–H and O–H groups in total. The third kappa shape index (κ3) is 5.05. The number of rotatable bonds is 11. The van der Waals surface area contributed by atoms with E-state index in [4.69, 9.17) is 23.8 Å². The fourth-order valence-electron chi connectivity index (χ4n) is 3.24. The third-order valence-electron chi connectivity index (χ3n) is 4.73. The molecule has 0 radical (unpaired) electrons. The smallest absolute Gasteiger partial charge is 0.140 e.